The first-order valence-electron chi connectivity index (χ1n) is 3.55. The molecule has 0 spiro atoms. The zero-order valence-electron chi connectivity index (χ0n) is 6.02. The molecule has 0 heterocycles. The van der Waals surface area contributed by atoms with E-state index >= 15 is 0 Å². The predicted octanol–water partition coefficient (Wildman–Crippen LogP) is 3.12. The van der Waals surface area contributed by atoms with E-state index in [4.69, 9.17) is 23.2 Å². The van der Waals surface area contributed by atoms with Crippen molar-refractivity contribution in [2.45, 2.75) is 35.3 Å². The molecular weight excluding hydrogens is 187 g/mol. The van der Waals surface area contributed by atoms with Gasteiger partial charge in [-0.05, 0) is 25.5 Å². The molecule has 3 heteroatoms. The number of rotatable bonds is 1. The monoisotopic (exact) mass is 198 g/mol. The smallest absolute Gasteiger partial charge is 0.0510 e. The SMILES string of the molecule is CSC1CCC(Cl)C(Cl)C1. The summed E-state index contributed by atoms with van der Waals surface area (Å²) in [6, 6.07) is 0. The lowest BCUT2D eigenvalue weighted by molar-refractivity contribution is 0.530. The van der Waals surface area contributed by atoms with Gasteiger partial charge in [0, 0.05) is 5.25 Å². The van der Waals surface area contributed by atoms with E-state index in [2.05, 4.69) is 6.26 Å². The molecule has 0 aromatic rings. The molecule has 1 aliphatic rings. The van der Waals surface area contributed by atoms with Crippen LogP contribution in [-0.2, 0) is 0 Å². The van der Waals surface area contributed by atoms with Gasteiger partial charge in [-0.15, -0.1) is 23.2 Å². The Morgan fingerprint density at radius 3 is 2.40 bits per heavy atom. The summed E-state index contributed by atoms with van der Waals surface area (Å²) < 4.78 is 0. The molecule has 0 saturated heterocycles. The summed E-state index contributed by atoms with van der Waals surface area (Å²) >= 11 is 13.9. The Balaban J connectivity index is 2.33. The van der Waals surface area contributed by atoms with Crippen molar-refractivity contribution in [1.82, 2.24) is 0 Å². The minimum absolute atomic E-state index is 0.202. The van der Waals surface area contributed by atoms with Gasteiger partial charge in [0.05, 0.1) is 10.8 Å². The van der Waals surface area contributed by atoms with E-state index < -0.39 is 0 Å². The van der Waals surface area contributed by atoms with E-state index in [9.17, 15) is 0 Å². The molecule has 0 amide bonds. The van der Waals surface area contributed by atoms with Gasteiger partial charge in [-0.25, -0.2) is 0 Å². The van der Waals surface area contributed by atoms with Gasteiger partial charge >= 0.3 is 0 Å². The third-order valence-corrected chi connectivity index (χ3v) is 4.21. The summed E-state index contributed by atoms with van der Waals surface area (Å²) in [5, 5.41) is 1.16. The van der Waals surface area contributed by atoms with Gasteiger partial charge in [0.25, 0.3) is 0 Å². The van der Waals surface area contributed by atoms with Gasteiger partial charge in [-0.3, -0.25) is 0 Å². The van der Waals surface area contributed by atoms with Crippen LogP contribution in [0.3, 0.4) is 0 Å². The Morgan fingerprint density at radius 1 is 1.20 bits per heavy atom. The topological polar surface area (TPSA) is 0 Å². The third kappa shape index (κ3) is 2.21. The lowest BCUT2D eigenvalue weighted by Gasteiger charge is -2.27. The Bertz CT molecular complexity index is 108. The lowest BCUT2D eigenvalue weighted by atomic mass is 9.99. The van der Waals surface area contributed by atoms with Crippen LogP contribution in [0.5, 0.6) is 0 Å². The average Bonchev–Trinajstić information content (AvgIpc) is 1.95. The van der Waals surface area contributed by atoms with Crippen molar-refractivity contribution in [3.63, 3.8) is 0 Å². The van der Waals surface area contributed by atoms with Gasteiger partial charge in [0.15, 0.2) is 0 Å². The van der Waals surface area contributed by atoms with Crippen LogP contribution in [0.25, 0.3) is 0 Å². The largest absolute Gasteiger partial charge is 0.162 e. The molecule has 0 nitrogen and oxygen atoms in total. The molecule has 0 radical (unpaired) electrons. The minimum atomic E-state index is 0.202. The standard InChI is InChI=1S/C7H12Cl2S/c1-10-5-2-3-6(8)7(9)4-5/h5-7H,2-4H2,1H3. The van der Waals surface area contributed by atoms with Crippen LogP contribution in [0.1, 0.15) is 19.3 Å². The Hall–Kier alpha value is 0.930. The molecule has 1 rings (SSSR count). The molecule has 10 heavy (non-hydrogen) atoms. The van der Waals surface area contributed by atoms with E-state index in [-0.39, 0.29) is 10.8 Å². The van der Waals surface area contributed by atoms with Crippen LogP contribution < -0.4 is 0 Å². The molecular formula is C7H12Cl2S. The molecule has 1 aliphatic carbocycles. The summed E-state index contributed by atoms with van der Waals surface area (Å²) in [5.74, 6) is 0. The minimum Gasteiger partial charge on any atom is -0.162 e. The average molecular weight is 199 g/mol. The summed E-state index contributed by atoms with van der Waals surface area (Å²) in [6.45, 7) is 0. The van der Waals surface area contributed by atoms with Gasteiger partial charge in [-0.1, -0.05) is 0 Å². The number of hydrogen-bond acceptors (Lipinski definition) is 1. The quantitative estimate of drug-likeness (QED) is 0.584. The fourth-order valence-electron chi connectivity index (χ4n) is 1.26. The second-order valence-electron chi connectivity index (χ2n) is 2.70. The predicted molar refractivity (Wildman–Crippen MR) is 50.4 cm³/mol. The van der Waals surface area contributed by atoms with Crippen molar-refractivity contribution >= 4 is 35.0 Å². The van der Waals surface area contributed by atoms with Gasteiger partial charge in [-0.2, -0.15) is 11.8 Å². The Morgan fingerprint density at radius 2 is 1.90 bits per heavy atom. The van der Waals surface area contributed by atoms with Crippen LogP contribution in [-0.4, -0.2) is 22.3 Å². The van der Waals surface area contributed by atoms with E-state index in [1.165, 1.54) is 6.42 Å². The van der Waals surface area contributed by atoms with Crippen molar-refractivity contribution in [2.24, 2.45) is 0 Å². The summed E-state index contributed by atoms with van der Waals surface area (Å²) in [4.78, 5) is 0. The van der Waals surface area contributed by atoms with Crippen molar-refractivity contribution < 1.29 is 0 Å². The summed E-state index contributed by atoms with van der Waals surface area (Å²) in [5.41, 5.74) is 0. The maximum atomic E-state index is 6.00. The fraction of sp³-hybridized carbons (Fsp3) is 1.00. The normalized spacial score (nSPS) is 41.7. The first-order valence-corrected chi connectivity index (χ1v) is 5.71. The highest BCUT2D eigenvalue weighted by Gasteiger charge is 2.26. The summed E-state index contributed by atoms with van der Waals surface area (Å²) in [6.07, 6.45) is 5.54. The van der Waals surface area contributed by atoms with Crippen LogP contribution in [0, 0.1) is 0 Å². The lowest BCUT2D eigenvalue weighted by Crippen LogP contribution is -2.27. The van der Waals surface area contributed by atoms with E-state index in [1.807, 2.05) is 11.8 Å². The van der Waals surface area contributed by atoms with Crippen molar-refractivity contribution in [2.75, 3.05) is 6.26 Å². The molecule has 0 N–H and O–H groups in total. The van der Waals surface area contributed by atoms with Crippen LogP contribution in [0.4, 0.5) is 0 Å². The molecule has 0 aromatic heterocycles. The molecule has 3 atom stereocenters. The van der Waals surface area contributed by atoms with Gasteiger partial charge in [0.2, 0.25) is 0 Å². The fourth-order valence-corrected chi connectivity index (χ4v) is 2.70. The van der Waals surface area contributed by atoms with Gasteiger partial charge < -0.3 is 0 Å². The van der Waals surface area contributed by atoms with Crippen molar-refractivity contribution in [1.29, 1.82) is 0 Å². The van der Waals surface area contributed by atoms with E-state index in [0.717, 1.165) is 18.1 Å². The van der Waals surface area contributed by atoms with Crippen LogP contribution >= 0.6 is 35.0 Å². The van der Waals surface area contributed by atoms with Crippen LogP contribution in [0.15, 0.2) is 0 Å². The highest BCUT2D eigenvalue weighted by molar-refractivity contribution is 7.99. The number of hydrogen-bond donors (Lipinski definition) is 0. The number of halogens is 2. The van der Waals surface area contributed by atoms with Crippen molar-refractivity contribution in [3.05, 3.63) is 0 Å². The Labute approximate surface area is 76.7 Å². The van der Waals surface area contributed by atoms with Gasteiger partial charge in [0.1, 0.15) is 0 Å². The molecule has 1 saturated carbocycles. The van der Waals surface area contributed by atoms with Crippen LogP contribution in [0.2, 0.25) is 0 Å². The number of thioether (sulfide) groups is 1. The highest BCUT2D eigenvalue weighted by atomic mass is 35.5. The zero-order valence-corrected chi connectivity index (χ0v) is 8.35. The molecule has 0 bridgehead atoms. The third-order valence-electron chi connectivity index (χ3n) is 1.98. The molecule has 60 valence electrons. The number of alkyl halides is 2. The first kappa shape index (κ1) is 9.02. The first-order chi connectivity index (χ1) is 4.74. The molecule has 3 unspecified atom stereocenters. The highest BCUT2D eigenvalue weighted by Crippen LogP contribution is 2.32. The zero-order chi connectivity index (χ0) is 7.56. The second kappa shape index (κ2) is 4.08. The Kier molecular flexibility index (Phi) is 3.68. The molecule has 0 aliphatic heterocycles. The molecule has 1 fully saturated rings. The second-order valence-corrected chi connectivity index (χ2v) is 4.96. The summed E-state index contributed by atoms with van der Waals surface area (Å²) in [7, 11) is 0. The van der Waals surface area contributed by atoms with E-state index in [0.29, 0.717) is 0 Å². The van der Waals surface area contributed by atoms with Crippen molar-refractivity contribution in [3.8, 4) is 0 Å². The van der Waals surface area contributed by atoms with E-state index in [1.54, 1.807) is 0 Å². The maximum absolute atomic E-state index is 6.00. The molecule has 0 aromatic carbocycles. The maximum Gasteiger partial charge on any atom is 0.0510 e.